The highest BCUT2D eigenvalue weighted by molar-refractivity contribution is 5.94. The van der Waals surface area contributed by atoms with Gasteiger partial charge in [0, 0.05) is 34.9 Å². The van der Waals surface area contributed by atoms with Gasteiger partial charge in [-0.05, 0) is 44.2 Å². The van der Waals surface area contributed by atoms with E-state index in [-0.39, 0.29) is 11.7 Å². The van der Waals surface area contributed by atoms with Gasteiger partial charge in [-0.25, -0.2) is 9.82 Å². The Kier molecular flexibility index (Phi) is 4.70. The van der Waals surface area contributed by atoms with Gasteiger partial charge in [-0.1, -0.05) is 12.1 Å². The SMILES string of the molecule is Cc1cc(/C=N/NC(=O)c2ccncc2)c(C)n1-c1ccccc1F. The van der Waals surface area contributed by atoms with Crippen LogP contribution in [0.5, 0.6) is 0 Å². The third-order valence-corrected chi connectivity index (χ3v) is 3.88. The van der Waals surface area contributed by atoms with Crippen LogP contribution in [0.25, 0.3) is 5.69 Å². The van der Waals surface area contributed by atoms with Crippen molar-refractivity contribution in [2.45, 2.75) is 13.8 Å². The zero-order chi connectivity index (χ0) is 17.8. The molecule has 0 saturated heterocycles. The number of benzene rings is 1. The van der Waals surface area contributed by atoms with Crippen LogP contribution in [0.4, 0.5) is 4.39 Å². The highest BCUT2D eigenvalue weighted by Gasteiger charge is 2.12. The fraction of sp³-hybridized carbons (Fsp3) is 0.105. The Balaban J connectivity index is 1.82. The number of aromatic nitrogens is 2. The first-order valence-electron chi connectivity index (χ1n) is 7.75. The van der Waals surface area contributed by atoms with E-state index in [1.54, 1.807) is 48.9 Å². The molecule has 5 nitrogen and oxygen atoms in total. The molecular weight excluding hydrogens is 319 g/mol. The lowest BCUT2D eigenvalue weighted by Crippen LogP contribution is -2.17. The lowest BCUT2D eigenvalue weighted by molar-refractivity contribution is 0.0955. The zero-order valence-electron chi connectivity index (χ0n) is 13.9. The third-order valence-electron chi connectivity index (χ3n) is 3.88. The van der Waals surface area contributed by atoms with Gasteiger partial charge in [0.1, 0.15) is 5.82 Å². The smallest absolute Gasteiger partial charge is 0.271 e. The molecule has 2 aromatic heterocycles. The maximum atomic E-state index is 14.1. The van der Waals surface area contributed by atoms with E-state index in [1.165, 1.54) is 6.07 Å². The molecule has 0 aliphatic carbocycles. The first-order chi connectivity index (χ1) is 12.1. The summed E-state index contributed by atoms with van der Waals surface area (Å²) >= 11 is 0. The minimum absolute atomic E-state index is 0.293. The second-order valence-corrected chi connectivity index (χ2v) is 5.55. The van der Waals surface area contributed by atoms with Crippen molar-refractivity contribution in [2.75, 3.05) is 0 Å². The van der Waals surface area contributed by atoms with Crippen molar-refractivity contribution in [1.29, 1.82) is 0 Å². The largest absolute Gasteiger partial charge is 0.315 e. The van der Waals surface area contributed by atoms with Crippen LogP contribution in [0.15, 0.2) is 60.0 Å². The summed E-state index contributed by atoms with van der Waals surface area (Å²) in [5.41, 5.74) is 5.95. The standard InChI is InChI=1S/C19H17FN4O/c1-13-11-16(12-22-23-19(25)15-7-9-21-10-8-15)14(2)24(13)18-6-4-3-5-17(18)20/h3-12H,1-2H3,(H,23,25)/b22-12+. The lowest BCUT2D eigenvalue weighted by Gasteiger charge is -2.10. The summed E-state index contributed by atoms with van der Waals surface area (Å²) in [5.74, 6) is -0.611. The van der Waals surface area contributed by atoms with Gasteiger partial charge in [0.2, 0.25) is 0 Å². The maximum Gasteiger partial charge on any atom is 0.271 e. The Labute approximate surface area is 144 Å². The number of nitrogens with zero attached hydrogens (tertiary/aromatic N) is 3. The van der Waals surface area contributed by atoms with Gasteiger partial charge in [0.25, 0.3) is 5.91 Å². The van der Waals surface area contributed by atoms with E-state index >= 15 is 0 Å². The number of hydrogen-bond acceptors (Lipinski definition) is 3. The van der Waals surface area contributed by atoms with Gasteiger partial charge in [0.15, 0.2) is 0 Å². The second kappa shape index (κ2) is 7.09. The number of hydrazone groups is 1. The summed E-state index contributed by atoms with van der Waals surface area (Å²) in [6.07, 6.45) is 4.64. The quantitative estimate of drug-likeness (QED) is 0.586. The molecule has 0 atom stereocenters. The number of para-hydroxylation sites is 1. The van der Waals surface area contributed by atoms with Crippen molar-refractivity contribution in [3.8, 4) is 5.69 Å². The third kappa shape index (κ3) is 3.47. The van der Waals surface area contributed by atoms with E-state index in [9.17, 15) is 9.18 Å². The number of amides is 1. The van der Waals surface area contributed by atoms with E-state index in [0.29, 0.717) is 11.3 Å². The molecular formula is C19H17FN4O. The number of nitrogens with one attached hydrogen (secondary N) is 1. The summed E-state index contributed by atoms with van der Waals surface area (Å²) in [6.45, 7) is 3.78. The molecule has 3 rings (SSSR count). The molecule has 2 heterocycles. The van der Waals surface area contributed by atoms with Crippen molar-refractivity contribution in [1.82, 2.24) is 15.0 Å². The molecule has 0 aliphatic rings. The van der Waals surface area contributed by atoms with Gasteiger partial charge in [0.05, 0.1) is 11.9 Å². The Hall–Kier alpha value is -3.28. The van der Waals surface area contributed by atoms with E-state index < -0.39 is 0 Å². The number of hydrogen-bond donors (Lipinski definition) is 1. The van der Waals surface area contributed by atoms with Gasteiger partial charge in [-0.3, -0.25) is 9.78 Å². The minimum Gasteiger partial charge on any atom is -0.315 e. The van der Waals surface area contributed by atoms with Crippen LogP contribution in [0.3, 0.4) is 0 Å². The molecule has 0 fully saturated rings. The zero-order valence-corrected chi connectivity index (χ0v) is 13.9. The van der Waals surface area contributed by atoms with E-state index in [0.717, 1.165) is 17.0 Å². The second-order valence-electron chi connectivity index (χ2n) is 5.55. The van der Waals surface area contributed by atoms with Gasteiger partial charge in [-0.2, -0.15) is 5.10 Å². The van der Waals surface area contributed by atoms with E-state index in [2.05, 4.69) is 15.5 Å². The molecule has 0 aliphatic heterocycles. The number of rotatable bonds is 4. The lowest BCUT2D eigenvalue weighted by atomic mass is 10.2. The predicted octanol–water partition coefficient (Wildman–Crippen LogP) is 3.39. The number of pyridine rings is 1. The fourth-order valence-electron chi connectivity index (χ4n) is 2.65. The molecule has 0 unspecified atom stereocenters. The van der Waals surface area contributed by atoms with Crippen molar-refractivity contribution in [3.05, 3.63) is 83.2 Å². The molecule has 0 spiro atoms. The number of halogens is 1. The normalized spacial score (nSPS) is 11.0. The summed E-state index contributed by atoms with van der Waals surface area (Å²) in [5, 5.41) is 4.00. The maximum absolute atomic E-state index is 14.1. The topological polar surface area (TPSA) is 59.3 Å². The average Bonchev–Trinajstić information content (AvgIpc) is 2.90. The van der Waals surface area contributed by atoms with Crippen LogP contribution >= 0.6 is 0 Å². The number of aryl methyl sites for hydroxylation is 1. The monoisotopic (exact) mass is 336 g/mol. The Morgan fingerprint density at radius 3 is 2.64 bits per heavy atom. The van der Waals surface area contributed by atoms with Crippen LogP contribution < -0.4 is 5.43 Å². The van der Waals surface area contributed by atoms with Crippen LogP contribution in [-0.4, -0.2) is 21.7 Å². The first-order valence-corrected chi connectivity index (χ1v) is 7.75. The Morgan fingerprint density at radius 1 is 1.20 bits per heavy atom. The summed E-state index contributed by atoms with van der Waals surface area (Å²) < 4.78 is 15.9. The Morgan fingerprint density at radius 2 is 1.92 bits per heavy atom. The molecule has 0 saturated carbocycles. The highest BCUT2D eigenvalue weighted by Crippen LogP contribution is 2.21. The van der Waals surface area contributed by atoms with E-state index in [1.807, 2.05) is 24.5 Å². The summed E-state index contributed by atoms with van der Waals surface area (Å²) in [7, 11) is 0. The van der Waals surface area contributed by atoms with Crippen molar-refractivity contribution < 1.29 is 9.18 Å². The molecule has 0 bridgehead atoms. The van der Waals surface area contributed by atoms with Crippen molar-refractivity contribution >= 4 is 12.1 Å². The molecule has 0 radical (unpaired) electrons. The van der Waals surface area contributed by atoms with Crippen LogP contribution in [0.1, 0.15) is 27.3 Å². The van der Waals surface area contributed by atoms with Crippen molar-refractivity contribution in [3.63, 3.8) is 0 Å². The van der Waals surface area contributed by atoms with Gasteiger partial charge in [-0.15, -0.1) is 0 Å². The van der Waals surface area contributed by atoms with Crippen LogP contribution in [-0.2, 0) is 0 Å². The molecule has 1 N–H and O–H groups in total. The van der Waals surface area contributed by atoms with Gasteiger partial charge >= 0.3 is 0 Å². The molecule has 126 valence electrons. The van der Waals surface area contributed by atoms with Crippen LogP contribution in [0.2, 0.25) is 0 Å². The Bertz CT molecular complexity index is 932. The number of carbonyl (C=O) groups is 1. The molecule has 1 amide bonds. The molecule has 25 heavy (non-hydrogen) atoms. The van der Waals surface area contributed by atoms with Crippen LogP contribution in [0, 0.1) is 19.7 Å². The summed E-state index contributed by atoms with van der Waals surface area (Å²) in [4.78, 5) is 15.8. The van der Waals surface area contributed by atoms with E-state index in [4.69, 9.17) is 0 Å². The fourth-order valence-corrected chi connectivity index (χ4v) is 2.65. The van der Waals surface area contributed by atoms with Gasteiger partial charge < -0.3 is 4.57 Å². The predicted molar refractivity (Wildman–Crippen MR) is 94.5 cm³/mol. The highest BCUT2D eigenvalue weighted by atomic mass is 19.1. The summed E-state index contributed by atoms with van der Waals surface area (Å²) in [6, 6.07) is 11.7. The average molecular weight is 336 g/mol. The first kappa shape index (κ1) is 16.6. The molecule has 3 aromatic rings. The van der Waals surface area contributed by atoms with Crippen molar-refractivity contribution in [2.24, 2.45) is 5.10 Å². The molecule has 1 aromatic carbocycles. The minimum atomic E-state index is -0.318. The number of carbonyl (C=O) groups excluding carboxylic acids is 1. The molecule has 6 heteroatoms.